The van der Waals surface area contributed by atoms with Crippen molar-refractivity contribution in [2.24, 2.45) is 0 Å². The quantitative estimate of drug-likeness (QED) is 0.150. The Bertz CT molecular complexity index is 1770. The molecule has 0 saturated heterocycles. The maximum atomic E-state index is 14.5. The summed E-state index contributed by atoms with van der Waals surface area (Å²) in [5, 5.41) is 3.18. The Labute approximate surface area is 289 Å². The van der Waals surface area contributed by atoms with E-state index >= 15 is 0 Å². The van der Waals surface area contributed by atoms with E-state index in [0.29, 0.717) is 29.4 Å². The van der Waals surface area contributed by atoms with Gasteiger partial charge in [-0.05, 0) is 92.4 Å². The third kappa shape index (κ3) is 9.20. The molecule has 10 heteroatoms. The van der Waals surface area contributed by atoms with E-state index in [1.807, 2.05) is 56.3 Å². The van der Waals surface area contributed by atoms with Gasteiger partial charge in [0, 0.05) is 12.6 Å². The lowest BCUT2D eigenvalue weighted by atomic mass is 9.95. The number of methoxy groups -OCH3 is 1. The summed E-state index contributed by atoms with van der Waals surface area (Å²) in [6.07, 6.45) is 5.42. The summed E-state index contributed by atoms with van der Waals surface area (Å²) in [5.41, 5.74) is 1.98. The fourth-order valence-electron chi connectivity index (χ4n) is 6.06. The normalized spacial score (nSPS) is 14.0. The van der Waals surface area contributed by atoms with Gasteiger partial charge in [-0.2, -0.15) is 0 Å². The predicted molar refractivity (Wildman–Crippen MR) is 191 cm³/mol. The highest BCUT2D eigenvalue weighted by Crippen LogP contribution is 2.29. The van der Waals surface area contributed by atoms with Crippen molar-refractivity contribution >= 4 is 27.5 Å². The van der Waals surface area contributed by atoms with Crippen LogP contribution in [0.3, 0.4) is 0 Å². The van der Waals surface area contributed by atoms with E-state index in [-0.39, 0.29) is 23.4 Å². The third-order valence-corrected chi connectivity index (χ3v) is 10.6. The molecule has 0 spiro atoms. The summed E-state index contributed by atoms with van der Waals surface area (Å²) in [6, 6.07) is 28.9. The average molecular weight is 684 g/mol. The number of aryl methyl sites for hydroxylation is 1. The van der Waals surface area contributed by atoms with Crippen molar-refractivity contribution in [3.63, 3.8) is 0 Å². The van der Waals surface area contributed by atoms with E-state index in [1.165, 1.54) is 17.0 Å². The van der Waals surface area contributed by atoms with Crippen LogP contribution in [0.15, 0.2) is 108 Å². The molecule has 1 atom stereocenters. The zero-order valence-corrected chi connectivity index (χ0v) is 29.2. The topological polar surface area (TPSA) is 105 Å². The number of sulfonamides is 1. The number of nitrogens with one attached hydrogen (secondary N) is 1. The second kappa shape index (κ2) is 16.5. The van der Waals surface area contributed by atoms with E-state index in [1.54, 1.807) is 55.6 Å². The second-order valence-corrected chi connectivity index (χ2v) is 14.2. The molecule has 5 rings (SSSR count). The predicted octanol–water partition coefficient (Wildman–Crippen LogP) is 7.25. The number of para-hydroxylation sites is 1. The van der Waals surface area contributed by atoms with E-state index in [0.717, 1.165) is 47.5 Å². The molecular formula is C39H45N3O6S. The molecule has 4 aromatic carbocycles. The average Bonchev–Trinajstić information content (AvgIpc) is 3.12. The van der Waals surface area contributed by atoms with E-state index in [4.69, 9.17) is 9.47 Å². The molecule has 0 radical (unpaired) electrons. The summed E-state index contributed by atoms with van der Waals surface area (Å²) in [4.78, 5) is 29.8. The SMILES string of the molecule is CCC(C(=O)NC1CCCCC1)N(Cc1ccc(OC)cc1)C(=O)CN(c1ccc(Oc2ccccc2)cc1)S(=O)(=O)c1ccc(C)cc1. The van der Waals surface area contributed by atoms with Crippen molar-refractivity contribution in [1.29, 1.82) is 0 Å². The smallest absolute Gasteiger partial charge is 0.264 e. The minimum Gasteiger partial charge on any atom is -0.497 e. The summed E-state index contributed by atoms with van der Waals surface area (Å²) in [5.74, 6) is 1.09. The van der Waals surface area contributed by atoms with Crippen LogP contribution >= 0.6 is 0 Å². The summed E-state index contributed by atoms with van der Waals surface area (Å²) < 4.78 is 40.9. The molecule has 0 bridgehead atoms. The van der Waals surface area contributed by atoms with Crippen LogP contribution in [0.25, 0.3) is 0 Å². The number of rotatable bonds is 14. The summed E-state index contributed by atoms with van der Waals surface area (Å²) in [6.45, 7) is 3.34. The molecule has 0 aliphatic heterocycles. The lowest BCUT2D eigenvalue weighted by Crippen LogP contribution is -2.54. The fourth-order valence-corrected chi connectivity index (χ4v) is 7.48. The molecule has 1 aliphatic rings. The van der Waals surface area contributed by atoms with E-state index in [9.17, 15) is 18.0 Å². The number of nitrogens with zero attached hydrogens (tertiary/aromatic N) is 2. The van der Waals surface area contributed by atoms with Crippen molar-refractivity contribution in [2.45, 2.75) is 75.9 Å². The number of carbonyl (C=O) groups excluding carboxylic acids is 2. The van der Waals surface area contributed by atoms with Crippen LogP contribution in [0.2, 0.25) is 0 Å². The van der Waals surface area contributed by atoms with Gasteiger partial charge in [0.05, 0.1) is 17.7 Å². The monoisotopic (exact) mass is 683 g/mol. The minimum absolute atomic E-state index is 0.0549. The van der Waals surface area contributed by atoms with Crippen molar-refractivity contribution in [2.75, 3.05) is 18.0 Å². The number of hydrogen-bond acceptors (Lipinski definition) is 6. The van der Waals surface area contributed by atoms with Gasteiger partial charge in [-0.1, -0.05) is 74.2 Å². The first kappa shape index (κ1) is 35.5. The van der Waals surface area contributed by atoms with Gasteiger partial charge in [0.2, 0.25) is 11.8 Å². The van der Waals surface area contributed by atoms with Crippen LogP contribution in [0.1, 0.15) is 56.6 Å². The van der Waals surface area contributed by atoms with Gasteiger partial charge in [-0.25, -0.2) is 8.42 Å². The minimum atomic E-state index is -4.20. The Kier molecular flexibility index (Phi) is 12.0. The molecule has 1 saturated carbocycles. The highest BCUT2D eigenvalue weighted by atomic mass is 32.2. The maximum absolute atomic E-state index is 14.5. The van der Waals surface area contributed by atoms with E-state index < -0.39 is 28.5 Å². The third-order valence-electron chi connectivity index (χ3n) is 8.84. The van der Waals surface area contributed by atoms with Gasteiger partial charge >= 0.3 is 0 Å². The van der Waals surface area contributed by atoms with Crippen molar-refractivity contribution < 1.29 is 27.5 Å². The van der Waals surface area contributed by atoms with Crippen LogP contribution in [-0.4, -0.2) is 50.9 Å². The van der Waals surface area contributed by atoms with Gasteiger partial charge in [-0.3, -0.25) is 13.9 Å². The van der Waals surface area contributed by atoms with E-state index in [2.05, 4.69) is 5.32 Å². The molecule has 0 heterocycles. The highest BCUT2D eigenvalue weighted by molar-refractivity contribution is 7.92. The standard InChI is InChI=1S/C39H45N3O6S/c1-4-37(39(44)40-31-11-7-5-8-12-31)41(27-30-17-21-33(47-3)22-18-30)38(43)28-42(49(45,46)36-25-15-29(2)16-26-36)32-19-23-35(24-20-32)48-34-13-9-6-10-14-34/h6,9-10,13-26,31,37H,4-5,7-8,11-12,27-28H2,1-3H3,(H,40,44). The molecule has 1 aliphatic carbocycles. The molecule has 2 amide bonds. The Morgan fingerprint density at radius 1 is 0.816 bits per heavy atom. The summed E-state index contributed by atoms with van der Waals surface area (Å²) in [7, 11) is -2.62. The molecule has 4 aromatic rings. The van der Waals surface area contributed by atoms with Gasteiger partial charge in [0.15, 0.2) is 0 Å². The first-order chi connectivity index (χ1) is 23.7. The largest absolute Gasteiger partial charge is 0.497 e. The zero-order chi connectivity index (χ0) is 34.8. The molecule has 1 unspecified atom stereocenters. The maximum Gasteiger partial charge on any atom is 0.264 e. The first-order valence-corrected chi connectivity index (χ1v) is 18.3. The number of amides is 2. The lowest BCUT2D eigenvalue weighted by molar-refractivity contribution is -0.140. The van der Waals surface area contributed by atoms with Gasteiger partial charge < -0.3 is 19.7 Å². The number of hydrogen-bond donors (Lipinski definition) is 1. The van der Waals surface area contributed by atoms with Crippen LogP contribution in [-0.2, 0) is 26.2 Å². The van der Waals surface area contributed by atoms with Crippen LogP contribution in [0.5, 0.6) is 17.2 Å². The number of anilines is 1. The molecule has 1 N–H and O–H groups in total. The lowest BCUT2D eigenvalue weighted by Gasteiger charge is -2.34. The molecule has 49 heavy (non-hydrogen) atoms. The van der Waals surface area contributed by atoms with Crippen LogP contribution in [0, 0.1) is 6.92 Å². The van der Waals surface area contributed by atoms with Crippen molar-refractivity contribution in [3.8, 4) is 17.2 Å². The molecular weight excluding hydrogens is 639 g/mol. The Morgan fingerprint density at radius 2 is 1.43 bits per heavy atom. The molecule has 1 fully saturated rings. The van der Waals surface area contributed by atoms with Crippen molar-refractivity contribution in [3.05, 3.63) is 114 Å². The molecule has 0 aromatic heterocycles. The first-order valence-electron chi connectivity index (χ1n) is 16.8. The Morgan fingerprint density at radius 3 is 2.04 bits per heavy atom. The van der Waals surface area contributed by atoms with Crippen molar-refractivity contribution in [1.82, 2.24) is 10.2 Å². The Balaban J connectivity index is 1.48. The van der Waals surface area contributed by atoms with Crippen LogP contribution in [0.4, 0.5) is 5.69 Å². The number of carbonyl (C=O) groups is 2. The van der Waals surface area contributed by atoms with Crippen LogP contribution < -0.4 is 19.1 Å². The van der Waals surface area contributed by atoms with Gasteiger partial charge in [-0.15, -0.1) is 0 Å². The van der Waals surface area contributed by atoms with Gasteiger partial charge in [0.1, 0.15) is 29.8 Å². The number of ether oxygens (including phenoxy) is 2. The van der Waals surface area contributed by atoms with Gasteiger partial charge in [0.25, 0.3) is 10.0 Å². The zero-order valence-electron chi connectivity index (χ0n) is 28.4. The highest BCUT2D eigenvalue weighted by Gasteiger charge is 2.34. The Hall–Kier alpha value is -4.83. The second-order valence-electron chi connectivity index (χ2n) is 12.4. The molecule has 9 nitrogen and oxygen atoms in total. The summed E-state index contributed by atoms with van der Waals surface area (Å²) >= 11 is 0. The fraction of sp³-hybridized carbons (Fsp3) is 0.333. The number of benzene rings is 4. The molecule has 258 valence electrons.